The molecule has 0 saturated heterocycles. The third kappa shape index (κ3) is 4.76. The average molecular weight is 362 g/mol. The summed E-state index contributed by atoms with van der Waals surface area (Å²) >= 11 is 0. The Kier molecular flexibility index (Phi) is 5.91. The number of nitrogens with one attached hydrogen (secondary N) is 1. The van der Waals surface area contributed by atoms with E-state index >= 15 is 0 Å². The molecule has 3 aromatic rings. The average Bonchev–Trinajstić information content (AvgIpc) is 3.06. The van der Waals surface area contributed by atoms with Crippen LogP contribution in [0.2, 0.25) is 0 Å². The van der Waals surface area contributed by atoms with Gasteiger partial charge in [0.15, 0.2) is 0 Å². The predicted octanol–water partition coefficient (Wildman–Crippen LogP) is 3.61. The van der Waals surface area contributed by atoms with Crippen LogP contribution in [-0.2, 0) is 6.42 Å². The van der Waals surface area contributed by atoms with Crippen LogP contribution in [0.25, 0.3) is 5.69 Å². The number of hydrogen-bond donors (Lipinski definition) is 1. The lowest BCUT2D eigenvalue weighted by atomic mass is 10.1. The van der Waals surface area contributed by atoms with Gasteiger partial charge in [-0.1, -0.05) is 18.2 Å². The van der Waals surface area contributed by atoms with Gasteiger partial charge >= 0.3 is 0 Å². The van der Waals surface area contributed by atoms with Crippen molar-refractivity contribution >= 4 is 11.6 Å². The van der Waals surface area contributed by atoms with Crippen molar-refractivity contribution in [3.8, 4) is 5.69 Å². The molecule has 0 saturated carbocycles. The van der Waals surface area contributed by atoms with E-state index < -0.39 is 0 Å². The molecule has 2 aromatic carbocycles. The zero-order chi connectivity index (χ0) is 19.2. The van der Waals surface area contributed by atoms with Gasteiger partial charge in [-0.15, -0.1) is 0 Å². The molecule has 1 heterocycles. The lowest BCUT2D eigenvalue weighted by Crippen LogP contribution is -2.24. The molecule has 0 bridgehead atoms. The number of aromatic nitrogens is 2. The highest BCUT2D eigenvalue weighted by atomic mass is 16.1. The molecule has 0 unspecified atom stereocenters. The number of hydrogen-bond acceptors (Lipinski definition) is 3. The number of benzene rings is 2. The van der Waals surface area contributed by atoms with Crippen molar-refractivity contribution < 1.29 is 4.79 Å². The molecule has 5 nitrogen and oxygen atoms in total. The van der Waals surface area contributed by atoms with Crippen molar-refractivity contribution in [3.63, 3.8) is 0 Å². The predicted molar refractivity (Wildman–Crippen MR) is 110 cm³/mol. The van der Waals surface area contributed by atoms with E-state index in [4.69, 9.17) is 0 Å². The van der Waals surface area contributed by atoms with Gasteiger partial charge in [-0.3, -0.25) is 4.79 Å². The second kappa shape index (κ2) is 8.54. The molecule has 0 fully saturated rings. The number of para-hydroxylation sites is 1. The summed E-state index contributed by atoms with van der Waals surface area (Å²) < 4.78 is 1.91. The minimum absolute atomic E-state index is 0.0305. The Labute approximate surface area is 160 Å². The molecule has 3 rings (SSSR count). The van der Waals surface area contributed by atoms with Crippen LogP contribution in [0.1, 0.15) is 28.0 Å². The summed E-state index contributed by atoms with van der Waals surface area (Å²) in [7, 11) is 3.97. The van der Waals surface area contributed by atoms with Crippen LogP contribution < -0.4 is 10.2 Å². The summed E-state index contributed by atoms with van der Waals surface area (Å²) in [6.45, 7) is 2.67. The molecule has 140 valence electrons. The fourth-order valence-corrected chi connectivity index (χ4v) is 2.95. The van der Waals surface area contributed by atoms with E-state index in [9.17, 15) is 4.79 Å². The largest absolute Gasteiger partial charge is 0.378 e. The highest BCUT2D eigenvalue weighted by Gasteiger charge is 2.08. The summed E-state index contributed by atoms with van der Waals surface area (Å²) in [4.78, 5) is 14.3. The van der Waals surface area contributed by atoms with Gasteiger partial charge in [0.2, 0.25) is 0 Å². The maximum atomic E-state index is 12.3. The molecule has 5 heteroatoms. The van der Waals surface area contributed by atoms with Crippen LogP contribution in [0, 0.1) is 6.92 Å². The van der Waals surface area contributed by atoms with Crippen LogP contribution in [-0.4, -0.2) is 36.3 Å². The van der Waals surface area contributed by atoms with Crippen molar-refractivity contribution in [1.82, 2.24) is 15.1 Å². The Morgan fingerprint density at radius 1 is 1.07 bits per heavy atom. The standard InChI is InChI=1S/C22H26N4O/c1-17-19(16-26(24-17)21-9-5-4-6-10-21)8-7-15-23-22(27)18-11-13-20(14-12-18)25(2)3/h4-6,9-14,16H,7-8,15H2,1-3H3,(H,23,27). The summed E-state index contributed by atoms with van der Waals surface area (Å²) in [6.07, 6.45) is 3.84. The summed E-state index contributed by atoms with van der Waals surface area (Å²) in [5.41, 5.74) is 5.07. The molecule has 0 atom stereocenters. The zero-order valence-corrected chi connectivity index (χ0v) is 16.1. The van der Waals surface area contributed by atoms with Crippen LogP contribution in [0.15, 0.2) is 60.8 Å². The quantitative estimate of drug-likeness (QED) is 0.653. The van der Waals surface area contributed by atoms with Crippen molar-refractivity contribution in [2.75, 3.05) is 25.5 Å². The third-order valence-electron chi connectivity index (χ3n) is 4.58. The minimum Gasteiger partial charge on any atom is -0.378 e. The zero-order valence-electron chi connectivity index (χ0n) is 16.1. The molecule has 0 aliphatic heterocycles. The Morgan fingerprint density at radius 2 is 1.78 bits per heavy atom. The number of nitrogens with zero attached hydrogens (tertiary/aromatic N) is 3. The van der Waals surface area contributed by atoms with Crippen molar-refractivity contribution in [3.05, 3.63) is 77.6 Å². The summed E-state index contributed by atoms with van der Waals surface area (Å²) in [6, 6.07) is 17.7. The molecule has 1 amide bonds. The lowest BCUT2D eigenvalue weighted by molar-refractivity contribution is 0.0953. The first-order valence-corrected chi connectivity index (χ1v) is 9.21. The van der Waals surface area contributed by atoms with E-state index in [0.29, 0.717) is 12.1 Å². The van der Waals surface area contributed by atoms with Gasteiger partial charge in [0, 0.05) is 38.1 Å². The van der Waals surface area contributed by atoms with E-state index in [0.717, 1.165) is 29.9 Å². The Bertz CT molecular complexity index is 882. The number of carbonyl (C=O) groups excluding carboxylic acids is 1. The highest BCUT2D eigenvalue weighted by molar-refractivity contribution is 5.94. The van der Waals surface area contributed by atoms with Crippen LogP contribution in [0.3, 0.4) is 0 Å². The first kappa shape index (κ1) is 18.7. The topological polar surface area (TPSA) is 50.2 Å². The number of rotatable bonds is 7. The van der Waals surface area contributed by atoms with Gasteiger partial charge in [-0.25, -0.2) is 4.68 Å². The van der Waals surface area contributed by atoms with Crippen molar-refractivity contribution in [1.29, 1.82) is 0 Å². The van der Waals surface area contributed by atoms with E-state index in [2.05, 4.69) is 16.6 Å². The van der Waals surface area contributed by atoms with Crippen LogP contribution >= 0.6 is 0 Å². The van der Waals surface area contributed by atoms with Gasteiger partial charge in [0.1, 0.15) is 0 Å². The second-order valence-electron chi connectivity index (χ2n) is 6.82. The van der Waals surface area contributed by atoms with Gasteiger partial charge in [0.05, 0.1) is 11.4 Å². The fraction of sp³-hybridized carbons (Fsp3) is 0.273. The van der Waals surface area contributed by atoms with E-state index in [1.165, 1.54) is 5.56 Å². The highest BCUT2D eigenvalue weighted by Crippen LogP contribution is 2.14. The molecule has 0 aliphatic rings. The van der Waals surface area contributed by atoms with Gasteiger partial charge in [-0.2, -0.15) is 5.10 Å². The number of carbonyl (C=O) groups is 1. The van der Waals surface area contributed by atoms with E-state index in [-0.39, 0.29) is 5.91 Å². The first-order chi connectivity index (χ1) is 13.0. The monoisotopic (exact) mass is 362 g/mol. The molecule has 1 N–H and O–H groups in total. The van der Waals surface area contributed by atoms with Crippen LogP contribution in [0.5, 0.6) is 0 Å². The summed E-state index contributed by atoms with van der Waals surface area (Å²) in [5, 5.41) is 7.59. The Balaban J connectivity index is 1.50. The minimum atomic E-state index is -0.0305. The second-order valence-corrected chi connectivity index (χ2v) is 6.82. The Hall–Kier alpha value is -3.08. The third-order valence-corrected chi connectivity index (χ3v) is 4.58. The van der Waals surface area contributed by atoms with Gasteiger partial charge in [-0.05, 0) is 61.7 Å². The molecule has 0 radical (unpaired) electrons. The molecule has 0 spiro atoms. The Morgan fingerprint density at radius 3 is 2.44 bits per heavy atom. The SMILES string of the molecule is Cc1nn(-c2ccccc2)cc1CCCNC(=O)c1ccc(N(C)C)cc1. The lowest BCUT2D eigenvalue weighted by Gasteiger charge is -2.12. The molecule has 0 aliphatic carbocycles. The smallest absolute Gasteiger partial charge is 0.251 e. The van der Waals surface area contributed by atoms with Gasteiger partial charge in [0.25, 0.3) is 5.91 Å². The molecule has 27 heavy (non-hydrogen) atoms. The number of aryl methyl sites for hydroxylation is 2. The summed E-state index contributed by atoms with van der Waals surface area (Å²) in [5.74, 6) is -0.0305. The maximum Gasteiger partial charge on any atom is 0.251 e. The maximum absolute atomic E-state index is 12.3. The normalized spacial score (nSPS) is 10.6. The van der Waals surface area contributed by atoms with E-state index in [1.54, 1.807) is 0 Å². The van der Waals surface area contributed by atoms with Crippen molar-refractivity contribution in [2.24, 2.45) is 0 Å². The number of amides is 1. The van der Waals surface area contributed by atoms with Crippen molar-refractivity contribution in [2.45, 2.75) is 19.8 Å². The fourth-order valence-electron chi connectivity index (χ4n) is 2.95. The number of anilines is 1. The van der Waals surface area contributed by atoms with E-state index in [1.807, 2.05) is 85.2 Å². The molecular formula is C22H26N4O. The first-order valence-electron chi connectivity index (χ1n) is 9.21. The molecule has 1 aromatic heterocycles. The van der Waals surface area contributed by atoms with Gasteiger partial charge < -0.3 is 10.2 Å². The molecular weight excluding hydrogens is 336 g/mol. The van der Waals surface area contributed by atoms with Crippen LogP contribution in [0.4, 0.5) is 5.69 Å².